The van der Waals surface area contributed by atoms with Gasteiger partial charge in [-0.15, -0.1) is 11.3 Å². The summed E-state index contributed by atoms with van der Waals surface area (Å²) in [5.74, 6) is -1.79. The summed E-state index contributed by atoms with van der Waals surface area (Å²) in [5.41, 5.74) is 1.81. The van der Waals surface area contributed by atoms with E-state index >= 15 is 0 Å². The summed E-state index contributed by atoms with van der Waals surface area (Å²) in [7, 11) is 0. The summed E-state index contributed by atoms with van der Waals surface area (Å²) in [6, 6.07) is 15.4. The number of rotatable bonds is 4. The van der Waals surface area contributed by atoms with Crippen molar-refractivity contribution in [3.8, 4) is 6.07 Å². The molecule has 2 atom stereocenters. The maximum absolute atomic E-state index is 13.4. The molecule has 0 fully saturated rings. The molecule has 7 heteroatoms. The van der Waals surface area contributed by atoms with Crippen molar-refractivity contribution in [2.45, 2.75) is 18.4 Å². The number of halogens is 1. The van der Waals surface area contributed by atoms with Crippen molar-refractivity contribution >= 4 is 33.0 Å². The van der Waals surface area contributed by atoms with Crippen LogP contribution < -0.4 is 0 Å². The maximum Gasteiger partial charge on any atom is 0.200 e. The SMILES string of the molecule is N#C[C@@H](C(=O)[C@H]1CC(c2cccc(F)c2)=NO1)c1nc2ccccc2s1. The van der Waals surface area contributed by atoms with Crippen molar-refractivity contribution in [1.29, 1.82) is 5.26 Å². The molecule has 0 amide bonds. The quantitative estimate of drug-likeness (QED) is 0.705. The van der Waals surface area contributed by atoms with Crippen LogP contribution in [0.4, 0.5) is 4.39 Å². The average molecular weight is 365 g/mol. The molecule has 5 nitrogen and oxygen atoms in total. The monoisotopic (exact) mass is 365 g/mol. The van der Waals surface area contributed by atoms with E-state index in [9.17, 15) is 14.4 Å². The number of oxime groups is 1. The first kappa shape index (κ1) is 16.4. The second-order valence-corrected chi connectivity index (χ2v) is 6.89. The fourth-order valence-corrected chi connectivity index (χ4v) is 3.83. The highest BCUT2D eigenvalue weighted by Gasteiger charge is 2.36. The predicted molar refractivity (Wildman–Crippen MR) is 95.4 cm³/mol. The number of aromatic nitrogens is 1. The van der Waals surface area contributed by atoms with Crippen LogP contribution in [0.3, 0.4) is 0 Å². The van der Waals surface area contributed by atoms with Gasteiger partial charge in [0.25, 0.3) is 0 Å². The Morgan fingerprint density at radius 2 is 2.15 bits per heavy atom. The smallest absolute Gasteiger partial charge is 0.200 e. The van der Waals surface area contributed by atoms with Gasteiger partial charge in [-0.3, -0.25) is 4.79 Å². The number of carbonyl (C=O) groups excluding carboxylic acids is 1. The van der Waals surface area contributed by atoms with Gasteiger partial charge in [-0.05, 0) is 24.3 Å². The van der Waals surface area contributed by atoms with E-state index in [0.29, 0.717) is 16.3 Å². The molecule has 3 aromatic rings. The molecule has 0 spiro atoms. The largest absolute Gasteiger partial charge is 0.384 e. The second-order valence-electron chi connectivity index (χ2n) is 5.83. The Morgan fingerprint density at radius 1 is 1.31 bits per heavy atom. The fraction of sp³-hybridized carbons (Fsp3) is 0.158. The Balaban J connectivity index is 1.54. The summed E-state index contributed by atoms with van der Waals surface area (Å²) in [6.45, 7) is 0. The third kappa shape index (κ3) is 2.95. The Kier molecular flexibility index (Phi) is 4.19. The van der Waals surface area contributed by atoms with E-state index in [0.717, 1.165) is 10.2 Å². The molecule has 0 N–H and O–H groups in total. The number of hydrogen-bond acceptors (Lipinski definition) is 6. The van der Waals surface area contributed by atoms with Gasteiger partial charge in [0, 0.05) is 12.0 Å². The van der Waals surface area contributed by atoms with E-state index in [1.165, 1.54) is 23.5 Å². The number of para-hydroxylation sites is 1. The zero-order valence-corrected chi connectivity index (χ0v) is 14.2. The van der Waals surface area contributed by atoms with Gasteiger partial charge >= 0.3 is 0 Å². The van der Waals surface area contributed by atoms with Crippen molar-refractivity contribution in [3.05, 3.63) is 64.9 Å². The van der Waals surface area contributed by atoms with Gasteiger partial charge in [0.1, 0.15) is 10.8 Å². The lowest BCUT2D eigenvalue weighted by atomic mass is 9.96. The number of nitriles is 1. The minimum Gasteiger partial charge on any atom is -0.384 e. The van der Waals surface area contributed by atoms with E-state index < -0.39 is 12.0 Å². The van der Waals surface area contributed by atoms with Gasteiger partial charge in [-0.2, -0.15) is 5.26 Å². The molecule has 1 aliphatic heterocycles. The predicted octanol–water partition coefficient (Wildman–Crippen LogP) is 3.80. The first-order valence-electron chi connectivity index (χ1n) is 7.93. The van der Waals surface area contributed by atoms with Gasteiger partial charge < -0.3 is 4.84 Å². The number of Topliss-reactive ketones (excluding diaryl/α,β-unsaturated/α-hetero) is 1. The number of nitrogens with zero attached hydrogens (tertiary/aromatic N) is 3. The Morgan fingerprint density at radius 3 is 2.92 bits per heavy atom. The molecule has 0 bridgehead atoms. The Hall–Kier alpha value is -3.11. The lowest BCUT2D eigenvalue weighted by Crippen LogP contribution is -2.26. The van der Waals surface area contributed by atoms with Gasteiger partial charge in [0.05, 0.1) is 22.0 Å². The summed E-state index contributed by atoms with van der Waals surface area (Å²) in [5, 5.41) is 13.9. The van der Waals surface area contributed by atoms with Gasteiger partial charge in [0.15, 0.2) is 12.0 Å². The topological polar surface area (TPSA) is 75.3 Å². The van der Waals surface area contributed by atoms with Crippen molar-refractivity contribution in [2.75, 3.05) is 0 Å². The minimum absolute atomic E-state index is 0.200. The van der Waals surface area contributed by atoms with E-state index in [1.54, 1.807) is 12.1 Å². The molecule has 2 aromatic carbocycles. The number of thiazole rings is 1. The highest BCUT2D eigenvalue weighted by Crippen LogP contribution is 2.30. The lowest BCUT2D eigenvalue weighted by molar-refractivity contribution is -0.129. The third-order valence-electron chi connectivity index (χ3n) is 4.12. The molecule has 0 saturated heterocycles. The first-order valence-corrected chi connectivity index (χ1v) is 8.75. The van der Waals surface area contributed by atoms with Crippen LogP contribution in [0.5, 0.6) is 0 Å². The molecular formula is C19H12FN3O2S. The zero-order chi connectivity index (χ0) is 18.1. The van der Waals surface area contributed by atoms with Crippen LogP contribution >= 0.6 is 11.3 Å². The highest BCUT2D eigenvalue weighted by molar-refractivity contribution is 7.18. The number of ketones is 1. The average Bonchev–Trinajstić information content (AvgIpc) is 3.29. The van der Waals surface area contributed by atoms with Crippen molar-refractivity contribution < 1.29 is 14.0 Å². The van der Waals surface area contributed by atoms with Crippen LogP contribution in [0.1, 0.15) is 22.9 Å². The van der Waals surface area contributed by atoms with Gasteiger partial charge in [-0.1, -0.05) is 29.4 Å². The van der Waals surface area contributed by atoms with Crippen molar-refractivity contribution in [2.24, 2.45) is 5.16 Å². The minimum atomic E-state index is -1.01. The standard InChI is InChI=1S/C19H12FN3O2S/c20-12-5-3-4-11(8-12)15-9-16(25-23-15)18(24)13(10-21)19-22-14-6-1-2-7-17(14)26-19/h1-8,13,16H,9H2/t13-,16+/m0/s1. The molecule has 0 unspecified atom stereocenters. The van der Waals surface area contributed by atoms with Crippen LogP contribution in [0, 0.1) is 17.1 Å². The molecule has 1 aromatic heterocycles. The fourth-order valence-electron chi connectivity index (χ4n) is 2.81. The summed E-state index contributed by atoms with van der Waals surface area (Å²) in [4.78, 5) is 22.4. The number of carbonyl (C=O) groups is 1. The van der Waals surface area contributed by atoms with Crippen LogP contribution in [-0.2, 0) is 9.63 Å². The molecule has 4 rings (SSSR count). The lowest BCUT2D eigenvalue weighted by Gasteiger charge is -2.09. The third-order valence-corrected chi connectivity index (χ3v) is 5.22. The van der Waals surface area contributed by atoms with Crippen LogP contribution in [0.25, 0.3) is 10.2 Å². The van der Waals surface area contributed by atoms with Crippen LogP contribution in [-0.4, -0.2) is 22.6 Å². The molecule has 128 valence electrons. The van der Waals surface area contributed by atoms with Crippen molar-refractivity contribution in [3.63, 3.8) is 0 Å². The number of fused-ring (bicyclic) bond motifs is 1. The number of hydrogen-bond donors (Lipinski definition) is 0. The summed E-state index contributed by atoms with van der Waals surface area (Å²) < 4.78 is 14.3. The van der Waals surface area contributed by atoms with Gasteiger partial charge in [-0.25, -0.2) is 9.37 Å². The normalized spacial score (nSPS) is 17.4. The molecule has 0 saturated carbocycles. The molecule has 0 radical (unpaired) electrons. The first-order chi connectivity index (χ1) is 12.7. The van der Waals surface area contributed by atoms with E-state index in [2.05, 4.69) is 10.1 Å². The molecular weight excluding hydrogens is 353 g/mol. The van der Waals surface area contributed by atoms with Crippen LogP contribution in [0.15, 0.2) is 53.7 Å². The zero-order valence-electron chi connectivity index (χ0n) is 13.4. The molecule has 26 heavy (non-hydrogen) atoms. The molecule has 2 heterocycles. The maximum atomic E-state index is 13.4. The van der Waals surface area contributed by atoms with E-state index in [-0.39, 0.29) is 18.0 Å². The Labute approximate surface area is 152 Å². The van der Waals surface area contributed by atoms with E-state index in [4.69, 9.17) is 4.84 Å². The van der Waals surface area contributed by atoms with Gasteiger partial charge in [0.2, 0.25) is 5.78 Å². The highest BCUT2D eigenvalue weighted by atomic mass is 32.1. The molecule has 1 aliphatic rings. The van der Waals surface area contributed by atoms with Crippen molar-refractivity contribution in [1.82, 2.24) is 4.98 Å². The second kappa shape index (κ2) is 6.65. The van der Waals surface area contributed by atoms with Crippen LogP contribution in [0.2, 0.25) is 0 Å². The van der Waals surface area contributed by atoms with E-state index in [1.807, 2.05) is 30.3 Å². The summed E-state index contributed by atoms with van der Waals surface area (Å²) in [6.07, 6.45) is -0.671. The Bertz CT molecular complexity index is 1040. The molecule has 0 aliphatic carbocycles. The summed E-state index contributed by atoms with van der Waals surface area (Å²) >= 11 is 1.32. The number of benzene rings is 2.